The maximum atomic E-state index is 5.60. The summed E-state index contributed by atoms with van der Waals surface area (Å²) in [6, 6.07) is 9.84. The zero-order valence-corrected chi connectivity index (χ0v) is 11.2. The van der Waals surface area contributed by atoms with E-state index in [1.54, 1.807) is 12.3 Å². The first-order chi connectivity index (χ1) is 8.56. The van der Waals surface area contributed by atoms with Crippen LogP contribution in [0.1, 0.15) is 16.7 Å². The fraction of sp³-hybridized carbons (Fsp3) is 0.143. The van der Waals surface area contributed by atoms with Gasteiger partial charge in [0.25, 0.3) is 0 Å². The van der Waals surface area contributed by atoms with Gasteiger partial charge in [-0.3, -0.25) is 0 Å². The van der Waals surface area contributed by atoms with Gasteiger partial charge in [-0.2, -0.15) is 0 Å². The third-order valence-corrected chi connectivity index (χ3v) is 3.06. The summed E-state index contributed by atoms with van der Waals surface area (Å²) in [5, 5.41) is 3.24. The number of nitrogens with two attached hydrogens (primary N) is 1. The molecule has 0 aliphatic rings. The number of nitrogens with zero attached hydrogens (tertiary/aromatic N) is 1. The summed E-state index contributed by atoms with van der Waals surface area (Å²) in [5.74, 6) is 0.739. The number of aryl methyl sites for hydroxylation is 2. The van der Waals surface area contributed by atoms with Crippen LogP contribution < -0.4 is 11.1 Å². The van der Waals surface area contributed by atoms with Crippen LogP contribution in [0.5, 0.6) is 0 Å². The van der Waals surface area contributed by atoms with E-state index in [1.165, 1.54) is 11.1 Å². The van der Waals surface area contributed by atoms with Gasteiger partial charge in [0.05, 0.1) is 0 Å². The Labute approximate surface area is 112 Å². The van der Waals surface area contributed by atoms with Crippen molar-refractivity contribution in [3.05, 3.63) is 53.2 Å². The molecule has 0 aliphatic carbocycles. The lowest BCUT2D eigenvalue weighted by atomic mass is 10.1. The number of benzene rings is 1. The highest BCUT2D eigenvalue weighted by atomic mass is 32.1. The Balaban J connectivity index is 2.25. The summed E-state index contributed by atoms with van der Waals surface area (Å²) in [6.45, 7) is 4.17. The van der Waals surface area contributed by atoms with Gasteiger partial charge in [-0.1, -0.05) is 18.3 Å². The molecule has 0 amide bonds. The van der Waals surface area contributed by atoms with Crippen molar-refractivity contribution in [3.63, 3.8) is 0 Å². The van der Waals surface area contributed by atoms with Crippen LogP contribution in [0.4, 0.5) is 11.5 Å². The van der Waals surface area contributed by atoms with Gasteiger partial charge in [-0.15, -0.1) is 0 Å². The largest absolute Gasteiger partial charge is 0.389 e. The average molecular weight is 257 g/mol. The number of rotatable bonds is 3. The number of thiocarbonyl (C=S) groups is 1. The van der Waals surface area contributed by atoms with E-state index < -0.39 is 0 Å². The summed E-state index contributed by atoms with van der Waals surface area (Å²) in [6.07, 6.45) is 1.69. The van der Waals surface area contributed by atoms with Crippen LogP contribution in [0.25, 0.3) is 0 Å². The van der Waals surface area contributed by atoms with Gasteiger partial charge in [-0.05, 0) is 49.2 Å². The SMILES string of the molecule is Cc1ccc(Nc2cc(C(N)=S)ccn2)cc1C. The molecule has 3 nitrogen and oxygen atoms in total. The first-order valence-electron chi connectivity index (χ1n) is 5.66. The Bertz CT molecular complexity index is 593. The van der Waals surface area contributed by atoms with Crippen LogP contribution in [0.15, 0.2) is 36.5 Å². The van der Waals surface area contributed by atoms with Gasteiger partial charge < -0.3 is 11.1 Å². The van der Waals surface area contributed by atoms with Gasteiger partial charge in [0, 0.05) is 17.4 Å². The number of hydrogen-bond donors (Lipinski definition) is 2. The van der Waals surface area contributed by atoms with E-state index in [0.717, 1.165) is 17.1 Å². The Hall–Kier alpha value is -1.94. The second-order valence-electron chi connectivity index (χ2n) is 4.22. The molecule has 0 atom stereocenters. The van der Waals surface area contributed by atoms with Crippen molar-refractivity contribution in [2.24, 2.45) is 5.73 Å². The predicted octanol–water partition coefficient (Wildman–Crippen LogP) is 3.08. The number of pyridine rings is 1. The van der Waals surface area contributed by atoms with E-state index in [9.17, 15) is 0 Å². The fourth-order valence-electron chi connectivity index (χ4n) is 1.62. The zero-order valence-electron chi connectivity index (χ0n) is 10.4. The number of anilines is 2. The minimum absolute atomic E-state index is 0.375. The number of nitrogens with one attached hydrogen (secondary N) is 1. The Morgan fingerprint density at radius 1 is 1.17 bits per heavy atom. The molecule has 3 N–H and O–H groups in total. The van der Waals surface area contributed by atoms with E-state index in [2.05, 4.69) is 36.3 Å². The second-order valence-corrected chi connectivity index (χ2v) is 4.66. The van der Waals surface area contributed by atoms with E-state index in [1.807, 2.05) is 12.1 Å². The molecule has 0 unspecified atom stereocenters. The number of hydrogen-bond acceptors (Lipinski definition) is 3. The average Bonchev–Trinajstić information content (AvgIpc) is 2.34. The highest BCUT2D eigenvalue weighted by molar-refractivity contribution is 7.80. The van der Waals surface area contributed by atoms with E-state index in [4.69, 9.17) is 18.0 Å². The van der Waals surface area contributed by atoms with E-state index in [0.29, 0.717) is 4.99 Å². The molecule has 0 spiro atoms. The molecule has 0 bridgehead atoms. The van der Waals surface area contributed by atoms with Gasteiger partial charge in [-0.25, -0.2) is 4.98 Å². The molecule has 18 heavy (non-hydrogen) atoms. The van der Waals surface area contributed by atoms with Crippen molar-refractivity contribution >= 4 is 28.7 Å². The predicted molar refractivity (Wildman–Crippen MR) is 79.3 cm³/mol. The van der Waals surface area contributed by atoms with Crippen LogP contribution >= 0.6 is 12.2 Å². The summed E-state index contributed by atoms with van der Waals surface area (Å²) in [5.41, 5.74) is 9.92. The number of aromatic nitrogens is 1. The highest BCUT2D eigenvalue weighted by Crippen LogP contribution is 2.18. The van der Waals surface area contributed by atoms with Gasteiger partial charge >= 0.3 is 0 Å². The lowest BCUT2D eigenvalue weighted by Gasteiger charge is -2.09. The Morgan fingerprint density at radius 2 is 1.94 bits per heavy atom. The first kappa shape index (κ1) is 12.5. The van der Waals surface area contributed by atoms with Crippen LogP contribution in [-0.4, -0.2) is 9.97 Å². The minimum Gasteiger partial charge on any atom is -0.389 e. The van der Waals surface area contributed by atoms with Crippen LogP contribution in [0, 0.1) is 13.8 Å². The zero-order chi connectivity index (χ0) is 13.1. The second kappa shape index (κ2) is 5.14. The molecule has 1 heterocycles. The molecule has 0 fully saturated rings. The maximum absolute atomic E-state index is 5.60. The van der Waals surface area contributed by atoms with Crippen molar-refractivity contribution < 1.29 is 0 Å². The lowest BCUT2D eigenvalue weighted by Crippen LogP contribution is -2.09. The Kier molecular flexibility index (Phi) is 3.58. The molecule has 0 saturated heterocycles. The standard InChI is InChI=1S/C14H15N3S/c1-9-3-4-12(7-10(9)2)17-13-8-11(14(15)18)5-6-16-13/h3-8H,1-2H3,(H2,15,18)(H,16,17). The maximum Gasteiger partial charge on any atom is 0.130 e. The first-order valence-corrected chi connectivity index (χ1v) is 6.07. The van der Waals surface area contributed by atoms with E-state index in [-0.39, 0.29) is 0 Å². The van der Waals surface area contributed by atoms with Gasteiger partial charge in [0.15, 0.2) is 0 Å². The minimum atomic E-state index is 0.375. The van der Waals surface area contributed by atoms with Crippen LogP contribution in [0.2, 0.25) is 0 Å². The summed E-state index contributed by atoms with van der Waals surface area (Å²) < 4.78 is 0. The normalized spacial score (nSPS) is 10.1. The van der Waals surface area contributed by atoms with Crippen molar-refractivity contribution in [3.8, 4) is 0 Å². The van der Waals surface area contributed by atoms with Crippen molar-refractivity contribution in [2.45, 2.75) is 13.8 Å². The molecular formula is C14H15N3S. The molecule has 0 saturated carbocycles. The quantitative estimate of drug-likeness (QED) is 0.830. The van der Waals surface area contributed by atoms with Crippen molar-refractivity contribution in [1.82, 2.24) is 4.98 Å². The molecule has 1 aromatic carbocycles. The smallest absolute Gasteiger partial charge is 0.130 e. The van der Waals surface area contributed by atoms with Crippen LogP contribution in [0.3, 0.4) is 0 Å². The van der Waals surface area contributed by atoms with Gasteiger partial charge in [0.2, 0.25) is 0 Å². The topological polar surface area (TPSA) is 50.9 Å². The van der Waals surface area contributed by atoms with Crippen molar-refractivity contribution in [2.75, 3.05) is 5.32 Å². The third kappa shape index (κ3) is 2.84. The molecule has 92 valence electrons. The molecule has 0 radical (unpaired) electrons. The summed E-state index contributed by atoms with van der Waals surface area (Å²) in [4.78, 5) is 4.62. The highest BCUT2D eigenvalue weighted by Gasteiger charge is 2.01. The lowest BCUT2D eigenvalue weighted by molar-refractivity contribution is 1.28. The molecule has 1 aromatic heterocycles. The summed E-state index contributed by atoms with van der Waals surface area (Å²) in [7, 11) is 0. The van der Waals surface area contributed by atoms with E-state index >= 15 is 0 Å². The molecule has 2 rings (SSSR count). The third-order valence-electron chi connectivity index (χ3n) is 2.82. The molecular weight excluding hydrogens is 242 g/mol. The fourth-order valence-corrected chi connectivity index (χ4v) is 1.75. The molecule has 2 aromatic rings. The van der Waals surface area contributed by atoms with Gasteiger partial charge in [0.1, 0.15) is 10.8 Å². The summed E-state index contributed by atoms with van der Waals surface area (Å²) >= 11 is 4.95. The molecule has 0 aliphatic heterocycles. The Morgan fingerprint density at radius 3 is 2.61 bits per heavy atom. The monoisotopic (exact) mass is 257 g/mol. The van der Waals surface area contributed by atoms with Crippen LogP contribution in [-0.2, 0) is 0 Å². The van der Waals surface area contributed by atoms with Crippen molar-refractivity contribution in [1.29, 1.82) is 0 Å². The molecule has 4 heteroatoms.